The van der Waals surface area contributed by atoms with Crippen LogP contribution < -0.4 is 0 Å². The minimum absolute atomic E-state index is 1.29. The van der Waals surface area contributed by atoms with Crippen LogP contribution >= 0.6 is 0 Å². The second kappa shape index (κ2) is 8.36. The molecule has 2 radical (unpaired) electrons. The smallest absolute Gasteiger partial charge is 0.0673 e. The third-order valence-electron chi connectivity index (χ3n) is 7.68. The van der Waals surface area contributed by atoms with Gasteiger partial charge in [-0.15, -0.1) is 0 Å². The minimum atomic E-state index is -2.02. The predicted molar refractivity (Wildman–Crippen MR) is 153 cm³/mol. The molecule has 0 N–H and O–H groups in total. The lowest BCUT2D eigenvalue weighted by Crippen LogP contribution is -2.43. The van der Waals surface area contributed by atoms with Crippen LogP contribution in [-0.2, 0) is 0 Å². The van der Waals surface area contributed by atoms with Crippen LogP contribution in [0.25, 0.3) is 34.4 Å². The average Bonchev–Trinajstić information content (AvgIpc) is 3.41. The maximum atomic E-state index is 2.54. The van der Waals surface area contributed by atoms with Crippen LogP contribution in [0.1, 0.15) is 36.1 Å². The van der Waals surface area contributed by atoms with Gasteiger partial charge in [0.15, 0.2) is 0 Å². The molecule has 4 aromatic rings. The molecule has 6 rings (SSSR count). The summed E-state index contributed by atoms with van der Waals surface area (Å²) in [6, 6.07) is 35.3. The molecule has 0 heterocycles. The van der Waals surface area contributed by atoms with Gasteiger partial charge >= 0.3 is 0 Å². The highest BCUT2D eigenvalue weighted by Crippen LogP contribution is 2.53. The van der Waals surface area contributed by atoms with Crippen molar-refractivity contribution >= 4 is 20.2 Å². The Hall–Kier alpha value is -3.42. The Balaban J connectivity index is 1.46. The van der Waals surface area contributed by atoms with Gasteiger partial charge in [-0.3, -0.25) is 0 Å². The monoisotopic (exact) mass is 466 g/mol. The van der Waals surface area contributed by atoms with Crippen LogP contribution in [0.2, 0.25) is 13.1 Å². The van der Waals surface area contributed by atoms with Gasteiger partial charge in [0, 0.05) is 11.1 Å². The van der Waals surface area contributed by atoms with E-state index in [2.05, 4.69) is 136 Å². The second-order valence-electron chi connectivity index (χ2n) is 10.3. The number of hydrogen-bond donors (Lipinski definition) is 0. The Morgan fingerprint density at radius 2 is 0.800 bits per heavy atom. The standard InChI is InChI=1S/C34H30Si/c1-23-21-31-27(25-13-7-5-8-14-25)17-11-19-29(31)33(23)35(3,4)34-24(2)22-32-28(18-12-20-30(32)34)26-15-9-6-10-16-26/h5-22H,1-4H3. The first-order valence-electron chi connectivity index (χ1n) is 12.5. The van der Waals surface area contributed by atoms with E-state index in [1.54, 1.807) is 11.1 Å². The molecular weight excluding hydrogens is 436 g/mol. The Bertz CT molecular complexity index is 1360. The number of benzene rings is 4. The summed E-state index contributed by atoms with van der Waals surface area (Å²) in [6.07, 6.45) is 4.86. The van der Waals surface area contributed by atoms with Gasteiger partial charge < -0.3 is 0 Å². The topological polar surface area (TPSA) is 0 Å². The van der Waals surface area contributed by atoms with Gasteiger partial charge in [0.1, 0.15) is 0 Å². The number of fused-ring (bicyclic) bond motifs is 2. The predicted octanol–water partition coefficient (Wildman–Crippen LogP) is 9.19. The summed E-state index contributed by atoms with van der Waals surface area (Å²) in [5.41, 5.74) is 16.8. The van der Waals surface area contributed by atoms with Crippen molar-refractivity contribution in [2.45, 2.75) is 26.9 Å². The molecule has 2 aliphatic carbocycles. The lowest BCUT2D eigenvalue weighted by Gasteiger charge is -2.38. The SMILES string of the molecule is CC1=Cc2c(cccc2-c2ccccc2)[C]1[Si](C)(C)[C]1C(C)=Cc2c1cccc2-c1ccccc1. The van der Waals surface area contributed by atoms with Crippen LogP contribution in [0, 0.1) is 11.1 Å². The second-order valence-corrected chi connectivity index (χ2v) is 14.5. The Morgan fingerprint density at radius 3 is 1.20 bits per heavy atom. The molecule has 0 saturated carbocycles. The van der Waals surface area contributed by atoms with Gasteiger partial charge in [-0.05, 0) is 58.4 Å². The fourth-order valence-corrected chi connectivity index (χ4v) is 10.6. The van der Waals surface area contributed by atoms with E-state index in [0.29, 0.717) is 0 Å². The summed E-state index contributed by atoms with van der Waals surface area (Å²) in [7, 11) is -2.02. The van der Waals surface area contributed by atoms with Crippen molar-refractivity contribution in [3.8, 4) is 22.3 Å². The quantitative estimate of drug-likeness (QED) is 0.263. The van der Waals surface area contributed by atoms with Gasteiger partial charge in [0.05, 0.1) is 8.07 Å². The molecule has 0 nitrogen and oxygen atoms in total. The van der Waals surface area contributed by atoms with Gasteiger partial charge in [-0.2, -0.15) is 0 Å². The molecule has 0 amide bonds. The Labute approximate surface area is 210 Å². The zero-order valence-corrected chi connectivity index (χ0v) is 21.9. The van der Waals surface area contributed by atoms with Crippen molar-refractivity contribution in [1.82, 2.24) is 0 Å². The number of allylic oxidation sites excluding steroid dienone is 2. The zero-order chi connectivity index (χ0) is 24.2. The Kier molecular flexibility index (Phi) is 5.27. The third kappa shape index (κ3) is 3.49. The van der Waals surface area contributed by atoms with Gasteiger partial charge in [0.2, 0.25) is 0 Å². The van der Waals surface area contributed by atoms with Crippen molar-refractivity contribution in [2.24, 2.45) is 0 Å². The van der Waals surface area contributed by atoms with Crippen LogP contribution in [0.4, 0.5) is 0 Å². The van der Waals surface area contributed by atoms with Crippen LogP contribution in [0.5, 0.6) is 0 Å². The van der Waals surface area contributed by atoms with Crippen molar-refractivity contribution in [2.75, 3.05) is 0 Å². The first-order chi connectivity index (χ1) is 17.0. The molecule has 0 saturated heterocycles. The molecule has 170 valence electrons. The highest BCUT2D eigenvalue weighted by molar-refractivity contribution is 6.91. The largest absolute Gasteiger partial charge is 0.0822 e. The molecule has 0 aromatic heterocycles. The van der Waals surface area contributed by atoms with Gasteiger partial charge in [-0.25, -0.2) is 0 Å². The number of rotatable bonds is 4. The molecule has 0 unspecified atom stereocenters. The molecule has 0 spiro atoms. The molecular formula is C34H30Si. The highest BCUT2D eigenvalue weighted by atomic mass is 28.3. The minimum Gasteiger partial charge on any atom is -0.0673 e. The first-order valence-corrected chi connectivity index (χ1v) is 15.5. The molecule has 0 aliphatic heterocycles. The Morgan fingerprint density at radius 1 is 0.429 bits per heavy atom. The highest BCUT2D eigenvalue weighted by Gasteiger charge is 2.48. The zero-order valence-electron chi connectivity index (χ0n) is 20.9. The van der Waals surface area contributed by atoms with Crippen molar-refractivity contribution < 1.29 is 0 Å². The van der Waals surface area contributed by atoms with E-state index >= 15 is 0 Å². The molecule has 35 heavy (non-hydrogen) atoms. The molecule has 0 fully saturated rings. The third-order valence-corrected chi connectivity index (χ3v) is 11.5. The van der Waals surface area contributed by atoms with E-state index in [4.69, 9.17) is 0 Å². The molecule has 4 aromatic carbocycles. The fourth-order valence-electron chi connectivity index (χ4n) is 6.40. The number of hydrogen-bond acceptors (Lipinski definition) is 0. The fraction of sp³-hybridized carbons (Fsp3) is 0.118. The van der Waals surface area contributed by atoms with Gasteiger partial charge in [-0.1, -0.05) is 133 Å². The lowest BCUT2D eigenvalue weighted by atomic mass is 9.97. The summed E-state index contributed by atoms with van der Waals surface area (Å²) in [5, 5.41) is 0. The lowest BCUT2D eigenvalue weighted by molar-refractivity contribution is 1.24. The van der Waals surface area contributed by atoms with E-state index in [0.717, 1.165) is 0 Å². The normalized spacial score (nSPS) is 15.5. The van der Waals surface area contributed by atoms with Crippen molar-refractivity contribution in [3.63, 3.8) is 0 Å². The molecule has 2 aliphatic rings. The van der Waals surface area contributed by atoms with E-state index in [1.807, 2.05) is 0 Å². The van der Waals surface area contributed by atoms with Crippen LogP contribution in [0.15, 0.2) is 108 Å². The summed E-state index contributed by atoms with van der Waals surface area (Å²) in [4.78, 5) is 0. The van der Waals surface area contributed by atoms with Crippen molar-refractivity contribution in [1.29, 1.82) is 0 Å². The summed E-state index contributed by atoms with van der Waals surface area (Å²) >= 11 is 0. The molecule has 0 atom stereocenters. The summed E-state index contributed by atoms with van der Waals surface area (Å²) in [6.45, 7) is 9.71. The van der Waals surface area contributed by atoms with E-state index in [1.165, 1.54) is 55.7 Å². The first kappa shape index (κ1) is 22.1. The molecule has 1 heteroatoms. The van der Waals surface area contributed by atoms with Gasteiger partial charge in [0.25, 0.3) is 0 Å². The van der Waals surface area contributed by atoms with E-state index in [-0.39, 0.29) is 0 Å². The van der Waals surface area contributed by atoms with E-state index < -0.39 is 8.07 Å². The van der Waals surface area contributed by atoms with Crippen LogP contribution in [0.3, 0.4) is 0 Å². The average molecular weight is 467 g/mol. The summed E-state index contributed by atoms with van der Waals surface area (Å²) < 4.78 is 0. The maximum Gasteiger partial charge on any atom is 0.0822 e. The van der Waals surface area contributed by atoms with E-state index in [9.17, 15) is 0 Å². The van der Waals surface area contributed by atoms with Crippen molar-refractivity contribution in [3.05, 3.63) is 142 Å². The maximum absolute atomic E-state index is 2.54. The summed E-state index contributed by atoms with van der Waals surface area (Å²) in [5.74, 6) is 0. The molecule has 0 bridgehead atoms. The van der Waals surface area contributed by atoms with Crippen LogP contribution in [-0.4, -0.2) is 8.07 Å².